The predicted octanol–water partition coefficient (Wildman–Crippen LogP) is 1.43. The third kappa shape index (κ3) is 3.51. The average Bonchev–Trinajstić information content (AvgIpc) is 2.63. The van der Waals surface area contributed by atoms with Crippen LogP contribution in [0.25, 0.3) is 0 Å². The van der Waals surface area contributed by atoms with Crippen LogP contribution in [0.5, 0.6) is 0 Å². The molecule has 0 spiro atoms. The molecule has 0 radical (unpaired) electrons. The lowest BCUT2D eigenvalue weighted by molar-refractivity contribution is -0.120. The lowest BCUT2D eigenvalue weighted by Gasteiger charge is -2.32. The van der Waals surface area contributed by atoms with E-state index in [4.69, 9.17) is 5.73 Å². The van der Waals surface area contributed by atoms with E-state index in [0.29, 0.717) is 23.7 Å². The highest BCUT2D eigenvalue weighted by Gasteiger charge is 2.27. The molecule has 7 heteroatoms. The molecule has 0 saturated carbocycles. The summed E-state index contributed by atoms with van der Waals surface area (Å²) in [6.45, 7) is 1.38. The molecule has 3 rings (SSSR count). The molecule has 1 aliphatic rings. The van der Waals surface area contributed by atoms with Gasteiger partial charge in [0.05, 0.1) is 17.2 Å². The molecule has 1 aromatic carbocycles. The van der Waals surface area contributed by atoms with Crippen molar-refractivity contribution >= 4 is 23.5 Å². The maximum Gasteiger partial charge on any atom is 0.250 e. The zero-order valence-electron chi connectivity index (χ0n) is 13.2. The van der Waals surface area contributed by atoms with Crippen molar-refractivity contribution in [2.75, 3.05) is 23.3 Å². The van der Waals surface area contributed by atoms with Crippen LogP contribution in [0.3, 0.4) is 0 Å². The van der Waals surface area contributed by atoms with Crippen LogP contribution in [0.2, 0.25) is 0 Å². The van der Waals surface area contributed by atoms with Crippen LogP contribution in [0, 0.1) is 5.92 Å². The van der Waals surface area contributed by atoms with Gasteiger partial charge in [-0.15, -0.1) is 0 Å². The molecule has 0 aliphatic carbocycles. The van der Waals surface area contributed by atoms with Crippen molar-refractivity contribution in [1.82, 2.24) is 9.97 Å². The summed E-state index contributed by atoms with van der Waals surface area (Å²) in [4.78, 5) is 34.5. The number of amides is 2. The average molecular weight is 325 g/mol. The monoisotopic (exact) mass is 325 g/mol. The fourth-order valence-electron chi connectivity index (χ4n) is 2.87. The zero-order chi connectivity index (χ0) is 16.9. The van der Waals surface area contributed by atoms with Crippen LogP contribution in [-0.4, -0.2) is 34.9 Å². The third-order valence-electron chi connectivity index (χ3n) is 4.08. The highest BCUT2D eigenvalue weighted by atomic mass is 16.2. The number of carbonyl (C=O) groups is 2. The van der Waals surface area contributed by atoms with Crippen molar-refractivity contribution in [2.24, 2.45) is 11.7 Å². The third-order valence-corrected chi connectivity index (χ3v) is 4.08. The topological polar surface area (TPSA) is 101 Å². The van der Waals surface area contributed by atoms with E-state index in [2.05, 4.69) is 15.3 Å². The summed E-state index contributed by atoms with van der Waals surface area (Å²) in [7, 11) is 0. The van der Waals surface area contributed by atoms with Gasteiger partial charge in [0.15, 0.2) is 0 Å². The highest BCUT2D eigenvalue weighted by molar-refractivity contribution is 6.03. The van der Waals surface area contributed by atoms with Crippen LogP contribution in [0.4, 0.5) is 11.6 Å². The van der Waals surface area contributed by atoms with Crippen molar-refractivity contribution < 1.29 is 9.59 Å². The summed E-state index contributed by atoms with van der Waals surface area (Å²) >= 11 is 0. The van der Waals surface area contributed by atoms with E-state index < -0.39 is 5.91 Å². The number of primary amides is 1. The van der Waals surface area contributed by atoms with Gasteiger partial charge in [-0.3, -0.25) is 9.59 Å². The second-order valence-electron chi connectivity index (χ2n) is 5.73. The van der Waals surface area contributed by atoms with Gasteiger partial charge < -0.3 is 16.0 Å². The standard InChI is InChI=1S/C17H19N5O2/c18-15(23)13-6-1-2-7-14(13)21-16(24)12-5-3-10-22(11-12)17-19-8-4-9-20-17/h1-2,4,6-9,12H,3,5,10-11H2,(H2,18,23)(H,21,24). The Kier molecular flexibility index (Phi) is 4.69. The Labute approximate surface area is 139 Å². The molecule has 3 N–H and O–H groups in total. The number of hydrogen-bond donors (Lipinski definition) is 2. The van der Waals surface area contributed by atoms with Crippen molar-refractivity contribution in [3.63, 3.8) is 0 Å². The Balaban J connectivity index is 1.70. The van der Waals surface area contributed by atoms with Crippen LogP contribution < -0.4 is 16.0 Å². The summed E-state index contributed by atoms with van der Waals surface area (Å²) in [5.74, 6) is -0.241. The quantitative estimate of drug-likeness (QED) is 0.885. The van der Waals surface area contributed by atoms with Crippen LogP contribution in [0.1, 0.15) is 23.2 Å². The molecule has 7 nitrogen and oxygen atoms in total. The summed E-state index contributed by atoms with van der Waals surface area (Å²) < 4.78 is 0. The van der Waals surface area contributed by atoms with E-state index in [1.54, 1.807) is 42.7 Å². The van der Waals surface area contributed by atoms with Gasteiger partial charge in [0.2, 0.25) is 11.9 Å². The van der Waals surface area contributed by atoms with Gasteiger partial charge >= 0.3 is 0 Å². The molecule has 2 heterocycles. The molecule has 1 unspecified atom stereocenters. The Morgan fingerprint density at radius 2 is 1.92 bits per heavy atom. The van der Waals surface area contributed by atoms with Crippen LogP contribution >= 0.6 is 0 Å². The van der Waals surface area contributed by atoms with E-state index in [1.807, 2.05) is 4.90 Å². The second kappa shape index (κ2) is 7.08. The van der Waals surface area contributed by atoms with Crippen molar-refractivity contribution in [3.05, 3.63) is 48.3 Å². The van der Waals surface area contributed by atoms with Gasteiger partial charge in [-0.05, 0) is 31.0 Å². The first-order valence-corrected chi connectivity index (χ1v) is 7.87. The number of aromatic nitrogens is 2. The van der Waals surface area contributed by atoms with Crippen molar-refractivity contribution in [1.29, 1.82) is 0 Å². The van der Waals surface area contributed by atoms with E-state index in [1.165, 1.54) is 0 Å². The van der Waals surface area contributed by atoms with Crippen molar-refractivity contribution in [2.45, 2.75) is 12.8 Å². The molecule has 2 aromatic rings. The Morgan fingerprint density at radius 1 is 1.17 bits per heavy atom. The minimum Gasteiger partial charge on any atom is -0.366 e. The lowest BCUT2D eigenvalue weighted by Crippen LogP contribution is -2.41. The van der Waals surface area contributed by atoms with Gasteiger partial charge in [0.25, 0.3) is 5.91 Å². The Hall–Kier alpha value is -2.96. The molecule has 1 aromatic heterocycles. The van der Waals surface area contributed by atoms with Gasteiger partial charge in [-0.2, -0.15) is 0 Å². The number of nitrogens with one attached hydrogen (secondary N) is 1. The first kappa shape index (κ1) is 15.9. The van der Waals surface area contributed by atoms with E-state index in [-0.39, 0.29) is 11.8 Å². The lowest BCUT2D eigenvalue weighted by atomic mass is 9.97. The molecule has 1 saturated heterocycles. The second-order valence-corrected chi connectivity index (χ2v) is 5.73. The van der Waals surface area contributed by atoms with E-state index >= 15 is 0 Å². The van der Waals surface area contributed by atoms with E-state index in [0.717, 1.165) is 19.4 Å². The predicted molar refractivity (Wildman–Crippen MR) is 90.6 cm³/mol. The summed E-state index contributed by atoms with van der Waals surface area (Å²) in [6.07, 6.45) is 5.05. The molecule has 2 amide bonds. The molecule has 1 aliphatic heterocycles. The van der Waals surface area contributed by atoms with Gasteiger partial charge in [-0.1, -0.05) is 12.1 Å². The molecule has 1 fully saturated rings. The number of hydrogen-bond acceptors (Lipinski definition) is 5. The fourth-order valence-corrected chi connectivity index (χ4v) is 2.87. The van der Waals surface area contributed by atoms with Gasteiger partial charge in [-0.25, -0.2) is 9.97 Å². The summed E-state index contributed by atoms with van der Waals surface area (Å²) in [6, 6.07) is 8.51. The number of carbonyl (C=O) groups excluding carboxylic acids is 2. The minimum atomic E-state index is -0.561. The maximum absolute atomic E-state index is 12.6. The highest BCUT2D eigenvalue weighted by Crippen LogP contribution is 2.22. The minimum absolute atomic E-state index is 0.121. The van der Waals surface area contributed by atoms with E-state index in [9.17, 15) is 9.59 Å². The van der Waals surface area contributed by atoms with Crippen LogP contribution in [-0.2, 0) is 4.79 Å². The number of nitrogens with two attached hydrogens (primary N) is 1. The number of rotatable bonds is 4. The smallest absolute Gasteiger partial charge is 0.250 e. The van der Waals surface area contributed by atoms with Gasteiger partial charge in [0.1, 0.15) is 0 Å². The number of piperidine rings is 1. The first-order chi connectivity index (χ1) is 11.6. The number of para-hydroxylation sites is 1. The summed E-state index contributed by atoms with van der Waals surface area (Å²) in [5.41, 5.74) is 6.11. The zero-order valence-corrected chi connectivity index (χ0v) is 13.2. The first-order valence-electron chi connectivity index (χ1n) is 7.87. The molecule has 124 valence electrons. The van der Waals surface area contributed by atoms with Gasteiger partial charge in [0, 0.05) is 25.5 Å². The van der Waals surface area contributed by atoms with Crippen LogP contribution in [0.15, 0.2) is 42.7 Å². The van der Waals surface area contributed by atoms with Crippen molar-refractivity contribution in [3.8, 4) is 0 Å². The molecule has 0 bridgehead atoms. The maximum atomic E-state index is 12.6. The molecule has 24 heavy (non-hydrogen) atoms. The largest absolute Gasteiger partial charge is 0.366 e. The molecule has 1 atom stereocenters. The normalized spacial score (nSPS) is 17.3. The number of anilines is 2. The Morgan fingerprint density at radius 3 is 2.67 bits per heavy atom. The number of nitrogens with zero attached hydrogens (tertiary/aromatic N) is 3. The summed E-state index contributed by atoms with van der Waals surface area (Å²) in [5, 5.41) is 2.83. The molecular weight excluding hydrogens is 306 g/mol. The fraction of sp³-hybridized carbons (Fsp3) is 0.294. The molecular formula is C17H19N5O2. The number of benzene rings is 1. The Bertz CT molecular complexity index is 735. The SMILES string of the molecule is NC(=O)c1ccccc1NC(=O)C1CCCN(c2ncccn2)C1.